The molecule has 0 saturated heterocycles. The first-order valence-electron chi connectivity index (χ1n) is 10.9. The van der Waals surface area contributed by atoms with E-state index in [-0.39, 0.29) is 30.1 Å². The smallest absolute Gasteiger partial charge is 0.229 e. The summed E-state index contributed by atoms with van der Waals surface area (Å²) in [6, 6.07) is 13.3. The Morgan fingerprint density at radius 1 is 1.06 bits per heavy atom. The van der Waals surface area contributed by atoms with Crippen molar-refractivity contribution in [3.05, 3.63) is 65.1 Å². The average Bonchev–Trinajstić information content (AvgIpc) is 3.42. The van der Waals surface area contributed by atoms with Crippen LogP contribution >= 0.6 is 11.3 Å². The Morgan fingerprint density at radius 2 is 1.84 bits per heavy atom. The van der Waals surface area contributed by atoms with Gasteiger partial charge in [0, 0.05) is 11.6 Å². The summed E-state index contributed by atoms with van der Waals surface area (Å²) >= 11 is 1.28. The number of fused-ring (bicyclic) bond motifs is 1. The van der Waals surface area contributed by atoms with Crippen molar-refractivity contribution in [3.8, 4) is 11.1 Å². The van der Waals surface area contributed by atoms with Crippen molar-refractivity contribution >= 4 is 27.5 Å². The lowest BCUT2D eigenvalue weighted by Crippen LogP contribution is -2.37. The van der Waals surface area contributed by atoms with Crippen molar-refractivity contribution in [2.45, 2.75) is 51.0 Å². The van der Waals surface area contributed by atoms with Crippen molar-refractivity contribution < 1.29 is 13.6 Å². The van der Waals surface area contributed by atoms with Gasteiger partial charge in [-0.3, -0.25) is 4.79 Å². The molecule has 1 aliphatic rings. The first kappa shape index (κ1) is 20.8. The SMILES string of the molecule is O=C(Cc1nnc(Cc2nc3ccc(-c4ccccc4)c(F)c3s2)o1)NC1CCCCC1. The summed E-state index contributed by atoms with van der Waals surface area (Å²) in [7, 11) is 0. The lowest BCUT2D eigenvalue weighted by Gasteiger charge is -2.22. The van der Waals surface area contributed by atoms with Crippen molar-refractivity contribution in [2.24, 2.45) is 0 Å². The van der Waals surface area contributed by atoms with Crippen LogP contribution in [-0.2, 0) is 17.6 Å². The highest BCUT2D eigenvalue weighted by atomic mass is 32.1. The molecule has 5 rings (SSSR count). The molecule has 0 aliphatic heterocycles. The van der Waals surface area contributed by atoms with Gasteiger partial charge in [0.1, 0.15) is 17.2 Å². The normalized spacial score (nSPS) is 14.7. The Hall–Kier alpha value is -3.13. The van der Waals surface area contributed by atoms with Gasteiger partial charge in [-0.25, -0.2) is 9.37 Å². The van der Waals surface area contributed by atoms with Gasteiger partial charge in [-0.2, -0.15) is 0 Å². The van der Waals surface area contributed by atoms with Gasteiger partial charge in [-0.05, 0) is 30.5 Å². The minimum atomic E-state index is -0.275. The average molecular weight is 451 g/mol. The van der Waals surface area contributed by atoms with Crippen LogP contribution in [0.3, 0.4) is 0 Å². The lowest BCUT2D eigenvalue weighted by atomic mass is 9.95. The molecule has 0 bridgehead atoms. The quantitative estimate of drug-likeness (QED) is 0.444. The van der Waals surface area contributed by atoms with Gasteiger partial charge in [0.2, 0.25) is 17.7 Å². The second-order valence-corrected chi connectivity index (χ2v) is 9.18. The summed E-state index contributed by atoms with van der Waals surface area (Å²) < 4.78 is 21.3. The van der Waals surface area contributed by atoms with Crippen LogP contribution in [0.2, 0.25) is 0 Å². The van der Waals surface area contributed by atoms with E-state index in [1.807, 2.05) is 36.4 Å². The summed E-state index contributed by atoms with van der Waals surface area (Å²) in [4.78, 5) is 16.8. The fourth-order valence-corrected chi connectivity index (χ4v) is 5.14. The number of nitrogens with zero attached hydrogens (tertiary/aromatic N) is 3. The Morgan fingerprint density at radius 3 is 2.66 bits per heavy atom. The molecule has 0 unspecified atom stereocenters. The van der Waals surface area contributed by atoms with E-state index in [4.69, 9.17) is 4.42 Å². The van der Waals surface area contributed by atoms with Crippen molar-refractivity contribution in [3.63, 3.8) is 0 Å². The zero-order valence-corrected chi connectivity index (χ0v) is 18.3. The van der Waals surface area contributed by atoms with Gasteiger partial charge in [0.15, 0.2) is 0 Å². The molecule has 2 heterocycles. The topological polar surface area (TPSA) is 80.9 Å². The maximum Gasteiger partial charge on any atom is 0.229 e. The highest BCUT2D eigenvalue weighted by molar-refractivity contribution is 7.18. The van der Waals surface area contributed by atoms with Gasteiger partial charge in [0.05, 0.1) is 16.6 Å². The van der Waals surface area contributed by atoms with Gasteiger partial charge in [-0.15, -0.1) is 21.5 Å². The molecule has 4 aromatic rings. The Bertz CT molecular complexity index is 1230. The van der Waals surface area contributed by atoms with Crippen molar-refractivity contribution in [1.82, 2.24) is 20.5 Å². The number of hydrogen-bond donors (Lipinski definition) is 1. The van der Waals surface area contributed by atoms with Crippen LogP contribution in [0.25, 0.3) is 21.3 Å². The summed E-state index contributed by atoms with van der Waals surface area (Å²) in [5.41, 5.74) is 1.99. The Labute approximate surface area is 188 Å². The molecule has 1 saturated carbocycles. The van der Waals surface area contributed by atoms with Crippen LogP contribution in [0, 0.1) is 5.82 Å². The second-order valence-electron chi connectivity index (χ2n) is 8.09. The summed E-state index contributed by atoms with van der Waals surface area (Å²) in [6.07, 6.45) is 5.98. The van der Waals surface area contributed by atoms with E-state index in [9.17, 15) is 4.79 Å². The van der Waals surface area contributed by atoms with Crippen LogP contribution in [-0.4, -0.2) is 27.1 Å². The molecular formula is C24H23FN4O2S. The van der Waals surface area contributed by atoms with Crippen LogP contribution in [0.5, 0.6) is 0 Å². The molecular weight excluding hydrogens is 427 g/mol. The Balaban J connectivity index is 1.27. The molecule has 32 heavy (non-hydrogen) atoms. The molecule has 2 aromatic heterocycles. The molecule has 2 aromatic carbocycles. The molecule has 1 amide bonds. The monoisotopic (exact) mass is 450 g/mol. The molecule has 0 radical (unpaired) electrons. The zero-order chi connectivity index (χ0) is 21.9. The fourth-order valence-electron chi connectivity index (χ4n) is 4.15. The van der Waals surface area contributed by atoms with Gasteiger partial charge in [-0.1, -0.05) is 49.6 Å². The van der Waals surface area contributed by atoms with E-state index in [0.717, 1.165) is 31.2 Å². The zero-order valence-electron chi connectivity index (χ0n) is 17.5. The molecule has 0 atom stereocenters. The number of aromatic nitrogens is 3. The van der Waals surface area contributed by atoms with E-state index in [2.05, 4.69) is 20.5 Å². The predicted molar refractivity (Wildman–Crippen MR) is 121 cm³/mol. The number of halogens is 1. The Kier molecular flexibility index (Phi) is 5.94. The van der Waals surface area contributed by atoms with Gasteiger partial charge >= 0.3 is 0 Å². The molecule has 0 spiro atoms. The third kappa shape index (κ3) is 4.55. The van der Waals surface area contributed by atoms with Crippen LogP contribution in [0.1, 0.15) is 48.9 Å². The van der Waals surface area contributed by atoms with E-state index in [0.29, 0.717) is 33.1 Å². The molecule has 6 nitrogen and oxygen atoms in total. The standard InChI is InChI=1S/C24H23FN4O2S/c25-23-17(15-7-3-1-4-8-15)11-12-18-24(23)32-22(27-18)14-21-29-28-20(31-21)13-19(30)26-16-9-5-2-6-10-16/h1,3-4,7-8,11-12,16H,2,5-6,9-10,13-14H2,(H,26,30). The number of carbonyl (C=O) groups is 1. The number of carbonyl (C=O) groups excluding carboxylic acids is 1. The highest BCUT2D eigenvalue weighted by Gasteiger charge is 2.19. The first-order chi connectivity index (χ1) is 15.7. The minimum Gasteiger partial charge on any atom is -0.424 e. The number of nitrogens with one attached hydrogen (secondary N) is 1. The van der Waals surface area contributed by atoms with Crippen LogP contribution in [0.15, 0.2) is 46.9 Å². The van der Waals surface area contributed by atoms with Crippen molar-refractivity contribution in [2.75, 3.05) is 0 Å². The van der Waals surface area contributed by atoms with E-state index < -0.39 is 0 Å². The summed E-state index contributed by atoms with van der Waals surface area (Å²) in [5.74, 6) is 0.283. The molecule has 8 heteroatoms. The molecule has 1 fully saturated rings. The van der Waals surface area contributed by atoms with Crippen LogP contribution < -0.4 is 5.32 Å². The van der Waals surface area contributed by atoms with E-state index >= 15 is 4.39 Å². The highest BCUT2D eigenvalue weighted by Crippen LogP contribution is 2.33. The van der Waals surface area contributed by atoms with Crippen LogP contribution in [0.4, 0.5) is 4.39 Å². The third-order valence-electron chi connectivity index (χ3n) is 5.72. The summed E-state index contributed by atoms with van der Waals surface area (Å²) in [5, 5.41) is 11.8. The number of thiazole rings is 1. The number of amides is 1. The maximum atomic E-state index is 15.1. The minimum absolute atomic E-state index is 0.0679. The van der Waals surface area contributed by atoms with Gasteiger partial charge < -0.3 is 9.73 Å². The van der Waals surface area contributed by atoms with E-state index in [1.165, 1.54) is 17.8 Å². The number of rotatable bonds is 6. The number of benzene rings is 2. The number of hydrogen-bond acceptors (Lipinski definition) is 6. The second kappa shape index (κ2) is 9.16. The predicted octanol–water partition coefficient (Wildman–Crippen LogP) is 5.07. The van der Waals surface area contributed by atoms with Gasteiger partial charge in [0.25, 0.3) is 0 Å². The van der Waals surface area contributed by atoms with E-state index in [1.54, 1.807) is 6.07 Å². The molecule has 1 N–H and O–H groups in total. The first-order valence-corrected chi connectivity index (χ1v) is 11.7. The molecule has 1 aliphatic carbocycles. The molecule has 164 valence electrons. The maximum absolute atomic E-state index is 15.1. The summed E-state index contributed by atoms with van der Waals surface area (Å²) in [6.45, 7) is 0. The fraction of sp³-hybridized carbons (Fsp3) is 0.333. The third-order valence-corrected chi connectivity index (χ3v) is 6.78. The largest absolute Gasteiger partial charge is 0.424 e. The van der Waals surface area contributed by atoms with Crippen molar-refractivity contribution in [1.29, 1.82) is 0 Å². The lowest BCUT2D eigenvalue weighted by molar-refractivity contribution is -0.121.